The molecule has 0 bridgehead atoms. The molecule has 0 aliphatic rings. The molecule has 3 aromatic carbocycles. The molecule has 0 aliphatic carbocycles. The number of hydrogen-bond donors (Lipinski definition) is 0. The van der Waals surface area contributed by atoms with Crippen LogP contribution in [0.3, 0.4) is 0 Å². The van der Waals surface area contributed by atoms with Gasteiger partial charge in [-0.05, 0) is 53.1 Å². The van der Waals surface area contributed by atoms with Crippen molar-refractivity contribution in [2.24, 2.45) is 0 Å². The lowest BCUT2D eigenvalue weighted by Gasteiger charge is -2.17. The van der Waals surface area contributed by atoms with Gasteiger partial charge in [-0.1, -0.05) is 91.0 Å². The van der Waals surface area contributed by atoms with E-state index >= 15 is 0 Å². The number of fused-ring (bicyclic) bond motifs is 6. The summed E-state index contributed by atoms with van der Waals surface area (Å²) < 4.78 is 4.93. The second-order valence-electron chi connectivity index (χ2n) is 10.2. The van der Waals surface area contributed by atoms with Crippen LogP contribution in [-0.2, 0) is 0 Å². The Kier molecular flexibility index (Phi) is 3.61. The third-order valence-corrected chi connectivity index (χ3v) is 8.31. The lowest BCUT2D eigenvalue weighted by Crippen LogP contribution is -2.02. The van der Waals surface area contributed by atoms with Crippen LogP contribution < -0.4 is 0 Å². The topological polar surface area (TPSA) is 8.82 Å². The lowest BCUT2D eigenvalue weighted by atomic mass is 9.85. The number of nitrogens with zero attached hydrogens (tertiary/aromatic N) is 2. The Morgan fingerprint density at radius 1 is 0.405 bits per heavy atom. The molecule has 0 N–H and O–H groups in total. The van der Waals surface area contributed by atoms with Crippen LogP contribution in [0.4, 0.5) is 0 Å². The molecular weight excluding hydrogens is 448 g/mol. The smallest absolute Gasteiger partial charge is 0.0583 e. The first-order chi connectivity index (χ1) is 18.4. The Bertz CT molecular complexity index is 2100. The van der Waals surface area contributed by atoms with E-state index in [-0.39, 0.29) is 5.92 Å². The van der Waals surface area contributed by atoms with Crippen molar-refractivity contribution in [2.75, 3.05) is 0 Å². The van der Waals surface area contributed by atoms with E-state index in [4.69, 9.17) is 0 Å². The van der Waals surface area contributed by atoms with Gasteiger partial charge < -0.3 is 8.80 Å². The van der Waals surface area contributed by atoms with Crippen LogP contribution >= 0.6 is 0 Å². The van der Waals surface area contributed by atoms with Gasteiger partial charge in [-0.2, -0.15) is 0 Å². The number of pyridine rings is 2. The van der Waals surface area contributed by atoms with Gasteiger partial charge in [0.05, 0.1) is 22.1 Å². The fraction of sp³-hybridized carbons (Fsp3) is 0.0286. The first kappa shape index (κ1) is 19.4. The summed E-state index contributed by atoms with van der Waals surface area (Å²) in [5.74, 6) is 0.101. The van der Waals surface area contributed by atoms with Crippen LogP contribution in [0.15, 0.2) is 127 Å². The van der Waals surface area contributed by atoms with E-state index in [0.29, 0.717) is 0 Å². The summed E-state index contributed by atoms with van der Waals surface area (Å²) in [6, 6.07) is 47.0. The van der Waals surface area contributed by atoms with E-state index in [0.717, 1.165) is 0 Å². The highest BCUT2D eigenvalue weighted by Gasteiger charge is 2.28. The normalized spacial score (nSPS) is 12.6. The first-order valence-electron chi connectivity index (χ1n) is 12.9. The van der Waals surface area contributed by atoms with Gasteiger partial charge in [0.2, 0.25) is 0 Å². The Balaban J connectivity index is 1.48. The van der Waals surface area contributed by atoms with Gasteiger partial charge in [-0.25, -0.2) is 0 Å². The number of hydrogen-bond acceptors (Lipinski definition) is 0. The number of rotatable bonds is 3. The van der Waals surface area contributed by atoms with Crippen LogP contribution in [0.25, 0.3) is 54.6 Å². The van der Waals surface area contributed by atoms with Gasteiger partial charge >= 0.3 is 0 Å². The summed E-state index contributed by atoms with van der Waals surface area (Å²) in [7, 11) is 0. The Hall–Kier alpha value is -4.82. The summed E-state index contributed by atoms with van der Waals surface area (Å²) in [6.07, 6.45) is 0. The Morgan fingerprint density at radius 3 is 1.38 bits per heavy atom. The van der Waals surface area contributed by atoms with Crippen molar-refractivity contribution in [1.29, 1.82) is 0 Å². The summed E-state index contributed by atoms with van der Waals surface area (Å²) in [5.41, 5.74) is 11.7. The fourth-order valence-electron chi connectivity index (χ4n) is 6.90. The Morgan fingerprint density at radius 2 is 0.865 bits per heavy atom. The van der Waals surface area contributed by atoms with E-state index in [1.807, 2.05) is 0 Å². The van der Waals surface area contributed by atoms with Gasteiger partial charge in [0.1, 0.15) is 0 Å². The summed E-state index contributed by atoms with van der Waals surface area (Å²) in [6.45, 7) is 0. The summed E-state index contributed by atoms with van der Waals surface area (Å²) in [5, 5.41) is 5.27. The molecule has 9 aromatic rings. The maximum Gasteiger partial charge on any atom is 0.0583 e. The van der Waals surface area contributed by atoms with Crippen LogP contribution in [0.1, 0.15) is 22.6 Å². The zero-order valence-electron chi connectivity index (χ0n) is 20.1. The standard InChI is InChI=1S/C35H22N2/c1-2-10-22(11-3-1)33(29-20-23-12-8-18-31-25-14-4-6-16-27(25)34(29)36(23)31)30-21-24-13-9-19-32-26-15-5-7-17-28(26)35(30)37(24)32/h1-21,33H. The highest BCUT2D eigenvalue weighted by atomic mass is 14.9. The molecule has 0 spiro atoms. The molecule has 172 valence electrons. The van der Waals surface area contributed by atoms with E-state index in [1.165, 1.54) is 71.3 Å². The summed E-state index contributed by atoms with van der Waals surface area (Å²) in [4.78, 5) is 0. The second kappa shape index (κ2) is 6.89. The molecule has 2 nitrogen and oxygen atoms in total. The number of aromatic nitrogens is 2. The van der Waals surface area contributed by atoms with Crippen molar-refractivity contribution >= 4 is 54.6 Å². The molecule has 6 aromatic heterocycles. The number of benzene rings is 3. The molecule has 0 amide bonds. The van der Waals surface area contributed by atoms with Crippen LogP contribution in [0.5, 0.6) is 0 Å². The molecule has 0 radical (unpaired) electrons. The van der Waals surface area contributed by atoms with Crippen molar-refractivity contribution in [1.82, 2.24) is 8.80 Å². The molecular formula is C35H22N2. The third-order valence-electron chi connectivity index (χ3n) is 8.31. The second-order valence-corrected chi connectivity index (χ2v) is 10.2. The van der Waals surface area contributed by atoms with Crippen molar-refractivity contribution in [3.63, 3.8) is 0 Å². The molecule has 0 aliphatic heterocycles. The van der Waals surface area contributed by atoms with Crippen molar-refractivity contribution in [3.8, 4) is 0 Å². The zero-order chi connectivity index (χ0) is 24.1. The minimum absolute atomic E-state index is 0.101. The molecule has 6 heterocycles. The molecule has 2 heteroatoms. The van der Waals surface area contributed by atoms with E-state index < -0.39 is 0 Å². The van der Waals surface area contributed by atoms with Crippen molar-refractivity contribution < 1.29 is 0 Å². The molecule has 0 atom stereocenters. The van der Waals surface area contributed by atoms with Crippen molar-refractivity contribution in [3.05, 3.63) is 144 Å². The minimum atomic E-state index is 0.101. The average molecular weight is 471 g/mol. The van der Waals surface area contributed by atoms with Crippen LogP contribution in [-0.4, -0.2) is 8.80 Å². The molecule has 37 heavy (non-hydrogen) atoms. The average Bonchev–Trinajstić information content (AvgIpc) is 3.70. The largest absolute Gasteiger partial charge is 0.309 e. The molecule has 0 unspecified atom stereocenters. The fourth-order valence-corrected chi connectivity index (χ4v) is 6.90. The predicted molar refractivity (Wildman–Crippen MR) is 155 cm³/mol. The van der Waals surface area contributed by atoms with Crippen LogP contribution in [0.2, 0.25) is 0 Å². The quantitative estimate of drug-likeness (QED) is 0.244. The van der Waals surface area contributed by atoms with Gasteiger partial charge in [0.15, 0.2) is 0 Å². The maximum atomic E-state index is 2.46. The van der Waals surface area contributed by atoms with Gasteiger partial charge in [-0.15, -0.1) is 0 Å². The highest BCUT2D eigenvalue weighted by Crippen LogP contribution is 2.46. The highest BCUT2D eigenvalue weighted by molar-refractivity contribution is 6.13. The van der Waals surface area contributed by atoms with Crippen molar-refractivity contribution in [2.45, 2.75) is 5.92 Å². The van der Waals surface area contributed by atoms with Gasteiger partial charge in [0.25, 0.3) is 0 Å². The Labute approximate surface area is 213 Å². The maximum absolute atomic E-state index is 2.46. The molecule has 0 saturated carbocycles. The first-order valence-corrected chi connectivity index (χ1v) is 12.9. The third kappa shape index (κ3) is 2.40. The van der Waals surface area contributed by atoms with E-state index in [2.05, 4.69) is 136 Å². The van der Waals surface area contributed by atoms with Gasteiger partial charge in [-0.3, -0.25) is 0 Å². The SMILES string of the molecule is c1ccc(C(c2cc3cccc4c5ccccc5c2n34)c2cc3cccc4c5ccccc5c2n34)cc1. The molecule has 0 saturated heterocycles. The lowest BCUT2D eigenvalue weighted by molar-refractivity contribution is 1.01. The monoisotopic (exact) mass is 470 g/mol. The predicted octanol–water partition coefficient (Wildman–Crippen LogP) is 8.86. The summed E-state index contributed by atoms with van der Waals surface area (Å²) >= 11 is 0. The van der Waals surface area contributed by atoms with E-state index in [1.54, 1.807) is 0 Å². The molecule has 9 rings (SSSR count). The van der Waals surface area contributed by atoms with Gasteiger partial charge in [0, 0.05) is 38.5 Å². The molecule has 0 fully saturated rings. The van der Waals surface area contributed by atoms with E-state index in [9.17, 15) is 0 Å². The van der Waals surface area contributed by atoms with Crippen LogP contribution in [0, 0.1) is 0 Å². The minimum Gasteiger partial charge on any atom is -0.309 e. The zero-order valence-corrected chi connectivity index (χ0v) is 20.1.